The third-order valence-corrected chi connectivity index (χ3v) is 7.11. The van der Waals surface area contributed by atoms with Crippen LogP contribution in [0.1, 0.15) is 65.8 Å². The number of rotatable bonds is 7. The van der Waals surface area contributed by atoms with Crippen LogP contribution in [0.2, 0.25) is 0 Å². The number of hydrogen-bond acceptors (Lipinski definition) is 3. The minimum atomic E-state index is -0.612. The van der Waals surface area contributed by atoms with E-state index in [4.69, 9.17) is 11.1 Å². The summed E-state index contributed by atoms with van der Waals surface area (Å²) < 4.78 is 0. The SMILES string of the molecule is CC(C)[C@H](C)CC(=O)N(C(=N)N)C(c1ccccc1)c1cccc(C(=O)N2Cc3ccccc3C2)c1. The average Bonchev–Trinajstić information content (AvgIpc) is 3.31. The van der Waals surface area contributed by atoms with E-state index in [0.29, 0.717) is 24.6 Å². The molecule has 6 nitrogen and oxygen atoms in total. The smallest absolute Gasteiger partial charge is 0.254 e. The zero-order valence-corrected chi connectivity index (χ0v) is 21.1. The predicted octanol–water partition coefficient (Wildman–Crippen LogP) is 5.34. The molecule has 4 rings (SSSR count). The lowest BCUT2D eigenvalue weighted by Gasteiger charge is -2.32. The minimum absolute atomic E-state index is 0.0611. The Balaban J connectivity index is 1.69. The Morgan fingerprint density at radius 1 is 0.889 bits per heavy atom. The highest BCUT2D eigenvalue weighted by atomic mass is 16.2. The maximum Gasteiger partial charge on any atom is 0.254 e. The van der Waals surface area contributed by atoms with Crippen molar-refractivity contribution in [3.63, 3.8) is 0 Å². The summed E-state index contributed by atoms with van der Waals surface area (Å²) in [7, 11) is 0. The lowest BCUT2D eigenvalue weighted by atomic mass is 9.92. The van der Waals surface area contributed by atoms with Gasteiger partial charge in [0.25, 0.3) is 5.91 Å². The molecule has 0 radical (unpaired) electrons. The fourth-order valence-electron chi connectivity index (χ4n) is 4.65. The van der Waals surface area contributed by atoms with E-state index in [2.05, 4.69) is 26.0 Å². The van der Waals surface area contributed by atoms with Gasteiger partial charge < -0.3 is 10.6 Å². The first-order valence-corrected chi connectivity index (χ1v) is 12.4. The summed E-state index contributed by atoms with van der Waals surface area (Å²) >= 11 is 0. The molecule has 0 aliphatic carbocycles. The van der Waals surface area contributed by atoms with Crippen LogP contribution in [0, 0.1) is 17.2 Å². The van der Waals surface area contributed by atoms with Crippen LogP contribution in [0.25, 0.3) is 0 Å². The normalized spacial score (nSPS) is 14.3. The number of benzene rings is 3. The van der Waals surface area contributed by atoms with Crippen LogP contribution in [-0.2, 0) is 17.9 Å². The summed E-state index contributed by atoms with van der Waals surface area (Å²) in [5.41, 5.74) is 10.5. The molecule has 2 amide bonds. The Kier molecular flexibility index (Phi) is 7.53. The molecule has 1 aliphatic heterocycles. The Hall–Kier alpha value is -3.93. The van der Waals surface area contributed by atoms with Crippen LogP contribution < -0.4 is 5.73 Å². The molecular formula is C30H34N4O2. The van der Waals surface area contributed by atoms with Crippen LogP contribution in [0.4, 0.5) is 0 Å². The van der Waals surface area contributed by atoms with E-state index >= 15 is 0 Å². The molecule has 1 unspecified atom stereocenters. The first-order chi connectivity index (χ1) is 17.3. The highest BCUT2D eigenvalue weighted by molar-refractivity contribution is 5.97. The lowest BCUT2D eigenvalue weighted by molar-refractivity contribution is -0.129. The Bertz CT molecular complexity index is 1230. The van der Waals surface area contributed by atoms with Crippen molar-refractivity contribution in [1.82, 2.24) is 9.80 Å². The molecule has 0 fully saturated rings. The van der Waals surface area contributed by atoms with Crippen molar-refractivity contribution < 1.29 is 9.59 Å². The summed E-state index contributed by atoms with van der Waals surface area (Å²) in [6, 6.07) is 24.4. The van der Waals surface area contributed by atoms with Crippen molar-refractivity contribution in [1.29, 1.82) is 5.41 Å². The van der Waals surface area contributed by atoms with E-state index in [0.717, 1.165) is 22.3 Å². The van der Waals surface area contributed by atoms with E-state index in [1.807, 2.05) is 72.5 Å². The van der Waals surface area contributed by atoms with Gasteiger partial charge in [-0.15, -0.1) is 0 Å². The molecule has 3 N–H and O–H groups in total. The number of hydrogen-bond donors (Lipinski definition) is 2. The molecule has 0 saturated heterocycles. The highest BCUT2D eigenvalue weighted by Gasteiger charge is 2.31. The van der Waals surface area contributed by atoms with Crippen molar-refractivity contribution in [3.05, 3.63) is 107 Å². The molecule has 36 heavy (non-hydrogen) atoms. The zero-order valence-electron chi connectivity index (χ0n) is 21.1. The van der Waals surface area contributed by atoms with Crippen LogP contribution in [-0.4, -0.2) is 27.6 Å². The van der Waals surface area contributed by atoms with E-state index in [1.54, 1.807) is 6.07 Å². The molecule has 0 bridgehead atoms. The zero-order chi connectivity index (χ0) is 25.8. The predicted molar refractivity (Wildman–Crippen MR) is 142 cm³/mol. The number of nitrogens with two attached hydrogens (primary N) is 1. The second-order valence-corrected chi connectivity index (χ2v) is 9.94. The van der Waals surface area contributed by atoms with Gasteiger partial charge in [-0.2, -0.15) is 0 Å². The van der Waals surface area contributed by atoms with E-state index < -0.39 is 6.04 Å². The fraction of sp³-hybridized carbons (Fsp3) is 0.300. The summed E-state index contributed by atoms with van der Waals surface area (Å²) in [6.07, 6.45) is 0.283. The molecule has 6 heteroatoms. The topological polar surface area (TPSA) is 90.5 Å². The quantitative estimate of drug-likeness (QED) is 0.352. The minimum Gasteiger partial charge on any atom is -0.370 e. The van der Waals surface area contributed by atoms with Crippen molar-refractivity contribution in [3.8, 4) is 0 Å². The number of nitrogens with zero attached hydrogens (tertiary/aromatic N) is 2. The molecule has 3 aromatic carbocycles. The van der Waals surface area contributed by atoms with Crippen molar-refractivity contribution in [2.75, 3.05) is 0 Å². The molecule has 2 atom stereocenters. The maximum absolute atomic E-state index is 13.5. The van der Waals surface area contributed by atoms with Gasteiger partial charge in [0.05, 0.1) is 6.04 Å². The van der Waals surface area contributed by atoms with Gasteiger partial charge in [-0.05, 0) is 46.2 Å². The van der Waals surface area contributed by atoms with Gasteiger partial charge in [0.2, 0.25) is 5.91 Å². The Morgan fingerprint density at radius 3 is 2.06 bits per heavy atom. The number of nitrogens with one attached hydrogen (secondary N) is 1. The molecule has 186 valence electrons. The first-order valence-electron chi connectivity index (χ1n) is 12.4. The largest absolute Gasteiger partial charge is 0.370 e. The van der Waals surface area contributed by atoms with Gasteiger partial charge in [0, 0.05) is 25.1 Å². The molecule has 1 heterocycles. The molecule has 0 aromatic heterocycles. The van der Waals surface area contributed by atoms with Crippen molar-refractivity contribution in [2.45, 2.75) is 46.3 Å². The van der Waals surface area contributed by atoms with Crippen molar-refractivity contribution in [2.24, 2.45) is 17.6 Å². The van der Waals surface area contributed by atoms with Gasteiger partial charge >= 0.3 is 0 Å². The van der Waals surface area contributed by atoms with E-state index in [9.17, 15) is 9.59 Å². The number of carbonyl (C=O) groups is 2. The third-order valence-electron chi connectivity index (χ3n) is 7.11. The summed E-state index contributed by atoms with van der Waals surface area (Å²) in [6.45, 7) is 7.34. The first kappa shape index (κ1) is 25.2. The number of amides is 2. The Morgan fingerprint density at radius 2 is 1.47 bits per heavy atom. The van der Waals surface area contributed by atoms with E-state index in [1.165, 1.54) is 4.90 Å². The summed E-state index contributed by atoms with van der Waals surface area (Å²) in [5, 5.41) is 8.32. The summed E-state index contributed by atoms with van der Waals surface area (Å²) in [5.74, 6) is -0.112. The third kappa shape index (κ3) is 5.33. The van der Waals surface area contributed by atoms with Crippen LogP contribution >= 0.6 is 0 Å². The van der Waals surface area contributed by atoms with Crippen LogP contribution in [0.3, 0.4) is 0 Å². The summed E-state index contributed by atoms with van der Waals surface area (Å²) in [4.78, 5) is 30.1. The number of carbonyl (C=O) groups excluding carboxylic acids is 2. The molecule has 0 saturated carbocycles. The van der Waals surface area contributed by atoms with Gasteiger partial charge in [-0.3, -0.25) is 19.9 Å². The Labute approximate surface area is 213 Å². The van der Waals surface area contributed by atoms with Gasteiger partial charge in [0.1, 0.15) is 0 Å². The number of guanidine groups is 1. The standard InChI is InChI=1S/C30H34N4O2/c1-20(2)21(3)16-27(35)34(30(31)32)28(22-10-5-4-6-11-22)23-14-9-15-24(17-23)29(36)33-18-25-12-7-8-13-26(25)19-33/h4-15,17,20-21,28H,16,18-19H2,1-3H3,(H3,31,32)/t21-,28?/m1/s1. The van der Waals surface area contributed by atoms with E-state index in [-0.39, 0.29) is 30.1 Å². The highest BCUT2D eigenvalue weighted by Crippen LogP contribution is 2.32. The molecule has 1 aliphatic rings. The monoisotopic (exact) mass is 482 g/mol. The fourth-order valence-corrected chi connectivity index (χ4v) is 4.65. The van der Waals surface area contributed by atoms with Gasteiger partial charge in [-0.25, -0.2) is 0 Å². The number of fused-ring (bicyclic) bond motifs is 1. The lowest BCUT2D eigenvalue weighted by Crippen LogP contribution is -2.45. The van der Waals surface area contributed by atoms with Gasteiger partial charge in [-0.1, -0.05) is 87.5 Å². The second kappa shape index (κ2) is 10.8. The van der Waals surface area contributed by atoms with Crippen LogP contribution in [0.5, 0.6) is 0 Å². The van der Waals surface area contributed by atoms with Crippen molar-refractivity contribution >= 4 is 17.8 Å². The maximum atomic E-state index is 13.5. The van der Waals surface area contributed by atoms with Crippen LogP contribution in [0.15, 0.2) is 78.9 Å². The molecular weight excluding hydrogens is 448 g/mol. The van der Waals surface area contributed by atoms with Gasteiger partial charge in [0.15, 0.2) is 5.96 Å². The average molecular weight is 483 g/mol. The second-order valence-electron chi connectivity index (χ2n) is 9.94. The molecule has 0 spiro atoms. The molecule has 3 aromatic rings.